The van der Waals surface area contributed by atoms with Crippen LogP contribution in [0.25, 0.3) is 11.3 Å². The molecule has 61 heavy (non-hydrogen) atoms. The predicted molar refractivity (Wildman–Crippen MR) is 221 cm³/mol. The SMILES string of the molecule is COc1cc(Nc2ncc3c(n2)-c2ccc(Cl)cc2C(c2c(F)cccc2OC)=NC3)ccc1C(=O)N1CC2(CCc3cc4c(cc3O2)CN(N2C(=O)CCCC2=O)C4=O)C1. The molecule has 0 aliphatic carbocycles. The number of methoxy groups -OCH3 is 2. The first-order chi connectivity index (χ1) is 29.5. The molecule has 0 saturated carbocycles. The van der Waals surface area contributed by atoms with Crippen LogP contribution in [-0.2, 0) is 29.1 Å². The van der Waals surface area contributed by atoms with Crippen molar-refractivity contribution in [2.75, 3.05) is 32.6 Å². The molecule has 14 nitrogen and oxygen atoms in total. The molecule has 0 unspecified atom stereocenters. The molecule has 0 bridgehead atoms. The number of amides is 4. The molecule has 308 valence electrons. The number of nitrogens with one attached hydrogen (secondary N) is 1. The standard InChI is InChI=1S/C45H37ClFN7O7/c1-59-34-6-3-5-33(47)39(34)41-32-17-27(46)9-11-29(32)40-26(19-48-41)20-49-44(51-40)50-28-10-12-30(36(18-28)60-2)42(57)52-22-45(23-52)14-13-24-15-31-25(16-35(24)61-45)21-53(43(31)58)54-37(55)7-4-8-38(54)56/h3,5-6,9-12,15-18,20H,4,7-8,13-14,19,21-23H2,1-2H3,(H,49,50,51). The van der Waals surface area contributed by atoms with E-state index in [1.807, 2.05) is 18.2 Å². The summed E-state index contributed by atoms with van der Waals surface area (Å²) in [7, 11) is 2.98. The lowest BCUT2D eigenvalue weighted by Crippen LogP contribution is -2.67. The number of aromatic nitrogens is 2. The number of rotatable bonds is 7. The summed E-state index contributed by atoms with van der Waals surface area (Å²) in [6.07, 6.45) is 3.90. The molecule has 1 N–H and O–H groups in total. The normalized spacial score (nSPS) is 17.3. The number of hydrogen-bond acceptors (Lipinski definition) is 11. The first-order valence-corrected chi connectivity index (χ1v) is 20.2. The number of fused-ring (bicyclic) bond motifs is 5. The average molecular weight is 842 g/mol. The first-order valence-electron chi connectivity index (χ1n) is 19.8. The minimum atomic E-state index is -0.591. The van der Waals surface area contributed by atoms with Crippen LogP contribution in [0.5, 0.6) is 17.2 Å². The Balaban J connectivity index is 0.841. The van der Waals surface area contributed by atoms with Gasteiger partial charge in [0.2, 0.25) is 17.8 Å². The van der Waals surface area contributed by atoms with E-state index in [2.05, 4.69) is 10.3 Å². The van der Waals surface area contributed by atoms with Gasteiger partial charge in [0.05, 0.1) is 62.9 Å². The van der Waals surface area contributed by atoms with Crippen molar-refractivity contribution in [3.05, 3.63) is 123 Å². The van der Waals surface area contributed by atoms with E-state index >= 15 is 4.39 Å². The number of likely N-dealkylation sites (tertiary alicyclic amines) is 1. The average Bonchev–Trinajstić information content (AvgIpc) is 3.46. The van der Waals surface area contributed by atoms with Crippen LogP contribution in [0, 0.1) is 5.82 Å². The van der Waals surface area contributed by atoms with E-state index in [1.165, 1.54) is 25.3 Å². The molecule has 4 amide bonds. The molecule has 4 aromatic carbocycles. The number of hydrazine groups is 1. The second kappa shape index (κ2) is 14.7. The Kier molecular flexibility index (Phi) is 9.23. The Bertz CT molecular complexity index is 2760. The van der Waals surface area contributed by atoms with Crippen molar-refractivity contribution in [3.63, 3.8) is 0 Å². The number of hydrogen-bond donors (Lipinski definition) is 1. The number of carbonyl (C=O) groups is 4. The zero-order valence-electron chi connectivity index (χ0n) is 33.1. The molecule has 2 fully saturated rings. The molecule has 1 aromatic heterocycles. The second-order valence-electron chi connectivity index (χ2n) is 15.7. The number of carbonyl (C=O) groups excluding carboxylic acids is 4. The highest BCUT2D eigenvalue weighted by Gasteiger charge is 2.50. The molecule has 5 aromatic rings. The van der Waals surface area contributed by atoms with E-state index in [0.717, 1.165) is 16.1 Å². The summed E-state index contributed by atoms with van der Waals surface area (Å²) >= 11 is 6.47. The third-order valence-corrected chi connectivity index (χ3v) is 12.1. The lowest BCUT2D eigenvalue weighted by Gasteiger charge is -2.51. The van der Waals surface area contributed by atoms with Crippen molar-refractivity contribution in [2.24, 2.45) is 4.99 Å². The highest BCUT2D eigenvalue weighted by atomic mass is 35.5. The van der Waals surface area contributed by atoms with E-state index in [9.17, 15) is 19.2 Å². The van der Waals surface area contributed by atoms with Crippen LogP contribution in [0.3, 0.4) is 0 Å². The number of imide groups is 1. The highest BCUT2D eigenvalue weighted by molar-refractivity contribution is 6.31. The maximum absolute atomic E-state index is 15.3. The van der Waals surface area contributed by atoms with Crippen molar-refractivity contribution in [1.82, 2.24) is 24.9 Å². The first kappa shape index (κ1) is 38.3. The van der Waals surface area contributed by atoms with Gasteiger partial charge >= 0.3 is 0 Å². The van der Waals surface area contributed by atoms with Gasteiger partial charge in [-0.1, -0.05) is 23.7 Å². The Morgan fingerprint density at radius 1 is 0.885 bits per heavy atom. The maximum Gasteiger partial charge on any atom is 0.273 e. The largest absolute Gasteiger partial charge is 0.496 e. The predicted octanol–water partition coefficient (Wildman–Crippen LogP) is 6.68. The second-order valence-corrected chi connectivity index (χ2v) is 16.1. The zero-order valence-corrected chi connectivity index (χ0v) is 33.8. The number of nitrogens with zero attached hydrogens (tertiary/aromatic N) is 6. The summed E-state index contributed by atoms with van der Waals surface area (Å²) in [5.41, 5.74) is 5.61. The fourth-order valence-electron chi connectivity index (χ4n) is 8.84. The van der Waals surface area contributed by atoms with E-state index in [1.54, 1.807) is 53.6 Å². The van der Waals surface area contributed by atoms with Crippen molar-refractivity contribution in [2.45, 2.75) is 50.8 Å². The van der Waals surface area contributed by atoms with E-state index in [4.69, 9.17) is 35.8 Å². The molecule has 16 heteroatoms. The summed E-state index contributed by atoms with van der Waals surface area (Å²) in [5.74, 6) is -0.185. The number of ether oxygens (including phenoxy) is 3. The van der Waals surface area contributed by atoms with Crippen LogP contribution < -0.4 is 19.5 Å². The molecule has 5 aliphatic heterocycles. The van der Waals surface area contributed by atoms with E-state index in [0.29, 0.717) is 99.5 Å². The number of halogens is 2. The molecule has 5 aliphatic rings. The summed E-state index contributed by atoms with van der Waals surface area (Å²) in [6.45, 7) is 1.01. The van der Waals surface area contributed by atoms with Gasteiger partial charge in [-0.05, 0) is 78.9 Å². The number of anilines is 2. The highest BCUT2D eigenvalue weighted by Crippen LogP contribution is 2.43. The van der Waals surface area contributed by atoms with Gasteiger partial charge in [0.1, 0.15) is 28.7 Å². The molecule has 1 spiro atoms. The smallest absolute Gasteiger partial charge is 0.273 e. The molecular weight excluding hydrogens is 805 g/mol. The lowest BCUT2D eigenvalue weighted by atomic mass is 9.83. The summed E-state index contributed by atoms with van der Waals surface area (Å²) in [5, 5.41) is 5.93. The Morgan fingerprint density at radius 2 is 1.69 bits per heavy atom. The summed E-state index contributed by atoms with van der Waals surface area (Å²) in [4.78, 5) is 68.3. The van der Waals surface area contributed by atoms with E-state index < -0.39 is 11.4 Å². The number of aryl methyl sites for hydroxylation is 1. The van der Waals surface area contributed by atoms with Gasteiger partial charge in [0, 0.05) is 58.1 Å². The zero-order chi connectivity index (χ0) is 42.2. The topological polar surface area (TPSA) is 156 Å². The van der Waals surface area contributed by atoms with Crippen molar-refractivity contribution in [3.8, 4) is 28.5 Å². The van der Waals surface area contributed by atoms with Gasteiger partial charge in [0.25, 0.3) is 11.8 Å². The molecule has 10 rings (SSSR count). The van der Waals surface area contributed by atoms with Crippen LogP contribution in [-0.4, -0.2) is 87.1 Å². The minimum absolute atomic E-state index is 0.106. The van der Waals surface area contributed by atoms with Gasteiger partial charge in [-0.3, -0.25) is 24.2 Å². The van der Waals surface area contributed by atoms with Crippen molar-refractivity contribution >= 4 is 52.6 Å². The van der Waals surface area contributed by atoms with Gasteiger partial charge in [-0.2, -0.15) is 5.01 Å². The fourth-order valence-corrected chi connectivity index (χ4v) is 9.01. The maximum atomic E-state index is 15.3. The monoisotopic (exact) mass is 841 g/mol. The summed E-state index contributed by atoms with van der Waals surface area (Å²) in [6, 6.07) is 18.7. The third-order valence-electron chi connectivity index (χ3n) is 11.9. The Hall–Kier alpha value is -6.87. The van der Waals surface area contributed by atoms with Crippen molar-refractivity contribution < 1.29 is 37.8 Å². The third kappa shape index (κ3) is 6.50. The number of benzene rings is 4. The van der Waals surface area contributed by atoms with Gasteiger partial charge < -0.3 is 24.4 Å². The number of piperidine rings is 1. The van der Waals surface area contributed by atoms with Crippen molar-refractivity contribution in [1.29, 1.82) is 0 Å². The van der Waals surface area contributed by atoms with Crippen LogP contribution in [0.15, 0.2) is 77.9 Å². The molecule has 0 atom stereocenters. The van der Waals surface area contributed by atoms with Gasteiger partial charge in [-0.15, -0.1) is 0 Å². The van der Waals surface area contributed by atoms with E-state index in [-0.39, 0.29) is 61.1 Å². The number of aliphatic imine (C=N–C) groups is 1. The van der Waals surface area contributed by atoms with Gasteiger partial charge in [-0.25, -0.2) is 19.4 Å². The molecule has 6 heterocycles. The Morgan fingerprint density at radius 3 is 2.48 bits per heavy atom. The van der Waals surface area contributed by atoms with Gasteiger partial charge in [0.15, 0.2) is 0 Å². The molecule has 0 radical (unpaired) electrons. The minimum Gasteiger partial charge on any atom is -0.496 e. The fraction of sp³-hybridized carbons (Fsp3) is 0.267. The van der Waals surface area contributed by atoms with Crippen LogP contribution in [0.2, 0.25) is 5.02 Å². The van der Waals surface area contributed by atoms with Crippen LogP contribution in [0.1, 0.15) is 74.2 Å². The van der Waals surface area contributed by atoms with Crippen LogP contribution >= 0.6 is 11.6 Å². The quantitative estimate of drug-likeness (QED) is 0.176. The lowest BCUT2D eigenvalue weighted by molar-refractivity contribution is -0.163. The van der Waals surface area contributed by atoms with Crippen LogP contribution in [0.4, 0.5) is 16.0 Å². The molecular formula is C45H37ClFN7O7. The molecule has 2 saturated heterocycles. The Labute approximate surface area is 353 Å². The summed E-state index contributed by atoms with van der Waals surface area (Å²) < 4.78 is 33.1.